The van der Waals surface area contributed by atoms with Crippen LogP contribution in [0, 0.1) is 17.3 Å². The van der Waals surface area contributed by atoms with E-state index in [0.29, 0.717) is 22.2 Å². The van der Waals surface area contributed by atoms with Crippen LogP contribution in [0.1, 0.15) is 52.1 Å². The Labute approximate surface area is 135 Å². The third-order valence-corrected chi connectivity index (χ3v) is 5.27. The van der Waals surface area contributed by atoms with E-state index in [-0.39, 0.29) is 18.2 Å². The summed E-state index contributed by atoms with van der Waals surface area (Å²) in [7, 11) is 0. The number of nitrogens with one attached hydrogen (secondary N) is 1. The van der Waals surface area contributed by atoms with E-state index in [1.807, 2.05) is 0 Å². The number of hydrogen-bond acceptors (Lipinski definition) is 4. The normalized spacial score (nSPS) is 22.3. The molecule has 22 heavy (non-hydrogen) atoms. The Morgan fingerprint density at radius 2 is 1.95 bits per heavy atom. The first-order valence-electron chi connectivity index (χ1n) is 7.79. The lowest BCUT2D eigenvalue weighted by atomic mass is 9.70. The van der Waals surface area contributed by atoms with Gasteiger partial charge in [-0.25, -0.2) is 4.98 Å². The van der Waals surface area contributed by atoms with Gasteiger partial charge in [0.25, 0.3) is 0 Å². The Kier molecular flexibility index (Phi) is 5.21. The maximum atomic E-state index is 12.3. The predicted molar refractivity (Wildman–Crippen MR) is 88.5 cm³/mol. The van der Waals surface area contributed by atoms with Crippen molar-refractivity contribution >= 4 is 28.3 Å². The minimum absolute atomic E-state index is 0.0485. The monoisotopic (exact) mass is 323 g/mol. The molecule has 6 heteroatoms. The van der Waals surface area contributed by atoms with Gasteiger partial charge in [-0.15, -0.1) is 11.3 Å². The van der Waals surface area contributed by atoms with Crippen LogP contribution in [0.5, 0.6) is 0 Å². The summed E-state index contributed by atoms with van der Waals surface area (Å²) in [6.07, 6.45) is 4.20. The van der Waals surface area contributed by atoms with Gasteiger partial charge in [0.15, 0.2) is 5.13 Å². The third-order valence-electron chi connectivity index (χ3n) is 4.46. The van der Waals surface area contributed by atoms with Gasteiger partial charge in [-0.05, 0) is 37.0 Å². The fraction of sp³-hybridized carbons (Fsp3) is 0.688. The Morgan fingerprint density at radius 3 is 2.50 bits per heavy atom. The maximum Gasteiger partial charge on any atom is 0.229 e. The summed E-state index contributed by atoms with van der Waals surface area (Å²) in [5, 5.41) is 5.19. The Balaban J connectivity index is 1.86. The van der Waals surface area contributed by atoms with Gasteiger partial charge in [0.1, 0.15) is 0 Å². The predicted octanol–water partition coefficient (Wildman–Crippen LogP) is 2.96. The molecule has 0 atom stereocenters. The van der Waals surface area contributed by atoms with Crippen molar-refractivity contribution in [2.24, 2.45) is 23.0 Å². The third kappa shape index (κ3) is 4.53. The van der Waals surface area contributed by atoms with E-state index in [0.717, 1.165) is 25.7 Å². The number of amides is 2. The smallest absolute Gasteiger partial charge is 0.229 e. The second kappa shape index (κ2) is 6.77. The summed E-state index contributed by atoms with van der Waals surface area (Å²) in [5.41, 5.74) is 6.07. The number of primary amides is 1. The molecule has 5 nitrogen and oxygen atoms in total. The summed E-state index contributed by atoms with van der Waals surface area (Å²) in [4.78, 5) is 27.4. The number of thiazole rings is 1. The average molecular weight is 323 g/mol. The molecule has 1 aliphatic rings. The molecule has 0 bridgehead atoms. The zero-order valence-electron chi connectivity index (χ0n) is 13.5. The molecule has 1 saturated carbocycles. The molecule has 0 saturated heterocycles. The molecular weight excluding hydrogens is 298 g/mol. The highest BCUT2D eigenvalue weighted by Crippen LogP contribution is 2.40. The van der Waals surface area contributed by atoms with Crippen molar-refractivity contribution in [3.63, 3.8) is 0 Å². The van der Waals surface area contributed by atoms with Crippen molar-refractivity contribution in [3.8, 4) is 0 Å². The SMILES string of the molecule is CC(C)(C)C1CCC(C(=O)Nc2nc(CC(N)=O)cs2)CC1. The van der Waals surface area contributed by atoms with E-state index >= 15 is 0 Å². The van der Waals surface area contributed by atoms with Crippen LogP contribution in [-0.4, -0.2) is 16.8 Å². The second-order valence-electron chi connectivity index (χ2n) is 7.19. The van der Waals surface area contributed by atoms with Crippen molar-refractivity contribution < 1.29 is 9.59 Å². The van der Waals surface area contributed by atoms with Crippen LogP contribution in [0.4, 0.5) is 5.13 Å². The number of carbonyl (C=O) groups is 2. The first-order valence-corrected chi connectivity index (χ1v) is 8.67. The quantitative estimate of drug-likeness (QED) is 0.893. The molecule has 0 aliphatic heterocycles. The Morgan fingerprint density at radius 1 is 1.32 bits per heavy atom. The van der Waals surface area contributed by atoms with Crippen LogP contribution in [-0.2, 0) is 16.0 Å². The molecule has 1 fully saturated rings. The van der Waals surface area contributed by atoms with E-state index in [4.69, 9.17) is 5.73 Å². The van der Waals surface area contributed by atoms with Crippen LogP contribution >= 0.6 is 11.3 Å². The van der Waals surface area contributed by atoms with Crippen molar-refractivity contribution in [1.82, 2.24) is 4.98 Å². The van der Waals surface area contributed by atoms with Crippen molar-refractivity contribution in [2.75, 3.05) is 5.32 Å². The molecule has 1 heterocycles. The molecule has 2 amide bonds. The highest BCUT2D eigenvalue weighted by molar-refractivity contribution is 7.13. The zero-order valence-corrected chi connectivity index (χ0v) is 14.3. The number of rotatable bonds is 4. The lowest BCUT2D eigenvalue weighted by molar-refractivity contribution is -0.121. The van der Waals surface area contributed by atoms with Crippen LogP contribution < -0.4 is 11.1 Å². The molecule has 0 spiro atoms. The molecule has 122 valence electrons. The highest BCUT2D eigenvalue weighted by atomic mass is 32.1. The first-order chi connectivity index (χ1) is 10.3. The number of hydrogen-bond donors (Lipinski definition) is 2. The van der Waals surface area contributed by atoms with Gasteiger partial charge in [-0.1, -0.05) is 20.8 Å². The van der Waals surface area contributed by atoms with Crippen LogP contribution in [0.2, 0.25) is 0 Å². The van der Waals surface area contributed by atoms with E-state index in [2.05, 4.69) is 31.1 Å². The molecule has 3 N–H and O–H groups in total. The second-order valence-corrected chi connectivity index (χ2v) is 8.05. The van der Waals surface area contributed by atoms with Gasteiger partial charge in [-0.2, -0.15) is 0 Å². The zero-order chi connectivity index (χ0) is 16.3. The fourth-order valence-electron chi connectivity index (χ4n) is 3.05. The molecular formula is C16H25N3O2S. The topological polar surface area (TPSA) is 85.1 Å². The van der Waals surface area contributed by atoms with Crippen molar-refractivity contribution in [1.29, 1.82) is 0 Å². The summed E-state index contributed by atoms with van der Waals surface area (Å²) in [6.45, 7) is 6.82. The van der Waals surface area contributed by atoms with E-state index in [1.165, 1.54) is 11.3 Å². The Bertz CT molecular complexity index is 540. The number of nitrogens with zero attached hydrogens (tertiary/aromatic N) is 1. The molecule has 0 radical (unpaired) electrons. The van der Waals surface area contributed by atoms with Crippen LogP contribution in [0.3, 0.4) is 0 Å². The lowest BCUT2D eigenvalue weighted by Crippen LogP contribution is -2.31. The van der Waals surface area contributed by atoms with Crippen molar-refractivity contribution in [3.05, 3.63) is 11.1 Å². The average Bonchev–Trinajstić information content (AvgIpc) is 2.84. The van der Waals surface area contributed by atoms with Gasteiger partial charge in [0, 0.05) is 11.3 Å². The number of carbonyl (C=O) groups excluding carboxylic acids is 2. The maximum absolute atomic E-state index is 12.3. The van der Waals surface area contributed by atoms with Gasteiger partial charge >= 0.3 is 0 Å². The van der Waals surface area contributed by atoms with Crippen LogP contribution in [0.25, 0.3) is 0 Å². The van der Waals surface area contributed by atoms with Gasteiger partial charge in [-0.3, -0.25) is 9.59 Å². The molecule has 1 aromatic heterocycles. The van der Waals surface area contributed by atoms with Crippen LogP contribution in [0.15, 0.2) is 5.38 Å². The molecule has 1 aliphatic carbocycles. The van der Waals surface area contributed by atoms with E-state index in [9.17, 15) is 9.59 Å². The van der Waals surface area contributed by atoms with Gasteiger partial charge < -0.3 is 11.1 Å². The standard InChI is InChI=1S/C16H25N3O2S/c1-16(2,3)11-6-4-10(5-7-11)14(21)19-15-18-12(9-22-15)8-13(17)20/h9-11H,4-8H2,1-3H3,(H2,17,20)(H,18,19,21). The summed E-state index contributed by atoms with van der Waals surface area (Å²) >= 11 is 1.34. The number of aromatic nitrogens is 1. The summed E-state index contributed by atoms with van der Waals surface area (Å²) < 4.78 is 0. The molecule has 0 aromatic carbocycles. The van der Waals surface area contributed by atoms with Gasteiger partial charge in [0.05, 0.1) is 12.1 Å². The molecule has 0 unspecified atom stereocenters. The highest BCUT2D eigenvalue weighted by Gasteiger charge is 2.32. The van der Waals surface area contributed by atoms with Crippen molar-refractivity contribution in [2.45, 2.75) is 52.9 Å². The van der Waals surface area contributed by atoms with E-state index in [1.54, 1.807) is 5.38 Å². The largest absolute Gasteiger partial charge is 0.369 e. The van der Waals surface area contributed by atoms with Gasteiger partial charge in [0.2, 0.25) is 11.8 Å². The number of anilines is 1. The molecule has 1 aromatic rings. The Hall–Kier alpha value is -1.43. The minimum atomic E-state index is -0.413. The molecule has 2 rings (SSSR count). The first kappa shape index (κ1) is 16.9. The minimum Gasteiger partial charge on any atom is -0.369 e. The lowest BCUT2D eigenvalue weighted by Gasteiger charge is -2.36. The summed E-state index contributed by atoms with van der Waals surface area (Å²) in [5.74, 6) is 0.400. The van der Waals surface area contributed by atoms with E-state index < -0.39 is 5.91 Å². The summed E-state index contributed by atoms with van der Waals surface area (Å²) in [6, 6.07) is 0. The fourth-order valence-corrected chi connectivity index (χ4v) is 3.77. The number of nitrogens with two attached hydrogens (primary N) is 1.